The topological polar surface area (TPSA) is 61.4 Å². The van der Waals surface area contributed by atoms with Crippen molar-refractivity contribution >= 4 is 11.8 Å². The molecular formula is C41H79N3O2. The second-order valence-corrected chi connectivity index (χ2v) is 13.7. The summed E-state index contributed by atoms with van der Waals surface area (Å²) >= 11 is 0. The molecule has 0 unspecified atom stereocenters. The molecule has 0 atom stereocenters. The minimum Gasteiger partial charge on any atom is -0.355 e. The molecule has 0 aliphatic carbocycles. The average molecular weight is 646 g/mol. The highest BCUT2D eigenvalue weighted by Crippen LogP contribution is 2.11. The zero-order valence-corrected chi connectivity index (χ0v) is 31.2. The Balaban J connectivity index is 3.43. The van der Waals surface area contributed by atoms with Crippen LogP contribution >= 0.6 is 0 Å². The van der Waals surface area contributed by atoms with Crippen LogP contribution in [0.5, 0.6) is 0 Å². The number of hydrogen-bond acceptors (Lipinski definition) is 3. The molecular weight excluding hydrogens is 566 g/mol. The molecule has 0 saturated carbocycles. The highest BCUT2D eigenvalue weighted by atomic mass is 16.2. The van der Waals surface area contributed by atoms with Gasteiger partial charge in [-0.2, -0.15) is 0 Å². The zero-order valence-electron chi connectivity index (χ0n) is 31.2. The van der Waals surface area contributed by atoms with E-state index in [1.165, 1.54) is 141 Å². The molecule has 5 heteroatoms. The number of nitrogens with zero attached hydrogens (tertiary/aromatic N) is 1. The van der Waals surface area contributed by atoms with Crippen molar-refractivity contribution in [1.29, 1.82) is 0 Å². The number of likely N-dealkylation sites (N-methyl/N-ethyl adjacent to an activating group) is 1. The van der Waals surface area contributed by atoms with Gasteiger partial charge in [0.2, 0.25) is 11.8 Å². The molecule has 0 radical (unpaired) electrons. The smallest absolute Gasteiger partial charge is 0.220 e. The molecule has 5 nitrogen and oxygen atoms in total. The SMILES string of the molecule is CCCCCCCC/C=C\CCCCCCCC(=O)NCCN(C)CCNC(=O)CCCCCCC/C=C\CCCCCCCC. The van der Waals surface area contributed by atoms with E-state index in [2.05, 4.69) is 53.7 Å². The molecule has 0 rings (SSSR count). The van der Waals surface area contributed by atoms with E-state index >= 15 is 0 Å². The number of nitrogens with one attached hydrogen (secondary N) is 2. The van der Waals surface area contributed by atoms with Gasteiger partial charge < -0.3 is 15.5 Å². The van der Waals surface area contributed by atoms with Crippen molar-refractivity contribution in [2.45, 2.75) is 194 Å². The predicted molar refractivity (Wildman–Crippen MR) is 202 cm³/mol. The van der Waals surface area contributed by atoms with E-state index in [1.807, 2.05) is 7.05 Å². The second kappa shape index (κ2) is 37.8. The van der Waals surface area contributed by atoms with Crippen molar-refractivity contribution in [1.82, 2.24) is 15.5 Å². The quantitative estimate of drug-likeness (QED) is 0.0526. The van der Waals surface area contributed by atoms with Gasteiger partial charge in [0.15, 0.2) is 0 Å². The van der Waals surface area contributed by atoms with Crippen molar-refractivity contribution in [2.75, 3.05) is 33.2 Å². The summed E-state index contributed by atoms with van der Waals surface area (Å²) in [6.07, 6.45) is 43.9. The fourth-order valence-corrected chi connectivity index (χ4v) is 5.77. The Morgan fingerprint density at radius 2 is 0.717 bits per heavy atom. The highest BCUT2D eigenvalue weighted by molar-refractivity contribution is 5.76. The summed E-state index contributed by atoms with van der Waals surface area (Å²) in [5.74, 6) is 0.332. The summed E-state index contributed by atoms with van der Waals surface area (Å²) < 4.78 is 0. The van der Waals surface area contributed by atoms with Crippen molar-refractivity contribution in [3.8, 4) is 0 Å². The molecule has 0 aliphatic rings. The van der Waals surface area contributed by atoms with Gasteiger partial charge in [-0.05, 0) is 71.3 Å². The zero-order chi connectivity index (χ0) is 33.6. The molecule has 0 spiro atoms. The lowest BCUT2D eigenvalue weighted by Crippen LogP contribution is -2.37. The monoisotopic (exact) mass is 646 g/mol. The maximum atomic E-state index is 12.1. The summed E-state index contributed by atoms with van der Waals surface area (Å²) in [6, 6.07) is 0. The number of hydrogen-bond donors (Lipinski definition) is 2. The predicted octanol–water partition coefficient (Wildman–Crippen LogP) is 11.2. The van der Waals surface area contributed by atoms with Gasteiger partial charge in [0, 0.05) is 39.0 Å². The third-order valence-corrected chi connectivity index (χ3v) is 8.96. The molecule has 0 aliphatic heterocycles. The third-order valence-electron chi connectivity index (χ3n) is 8.96. The van der Waals surface area contributed by atoms with Gasteiger partial charge in [0.05, 0.1) is 0 Å². The molecule has 0 saturated heterocycles. The highest BCUT2D eigenvalue weighted by Gasteiger charge is 2.05. The first-order chi connectivity index (χ1) is 22.6. The number of rotatable bonds is 36. The minimum atomic E-state index is 0.166. The van der Waals surface area contributed by atoms with Crippen LogP contribution in [0, 0.1) is 0 Å². The summed E-state index contributed by atoms with van der Waals surface area (Å²) in [6.45, 7) is 7.50. The van der Waals surface area contributed by atoms with Crippen molar-refractivity contribution in [2.24, 2.45) is 0 Å². The lowest BCUT2D eigenvalue weighted by molar-refractivity contribution is -0.121. The summed E-state index contributed by atoms with van der Waals surface area (Å²) in [7, 11) is 2.05. The first-order valence-corrected chi connectivity index (χ1v) is 20.1. The van der Waals surface area contributed by atoms with Crippen LogP contribution in [0.4, 0.5) is 0 Å². The van der Waals surface area contributed by atoms with Crippen LogP contribution in [0.1, 0.15) is 194 Å². The maximum Gasteiger partial charge on any atom is 0.220 e. The van der Waals surface area contributed by atoms with E-state index in [0.717, 1.165) is 38.8 Å². The van der Waals surface area contributed by atoms with Crippen molar-refractivity contribution < 1.29 is 9.59 Å². The van der Waals surface area contributed by atoms with Gasteiger partial charge in [0.1, 0.15) is 0 Å². The number of unbranched alkanes of at least 4 members (excludes halogenated alkanes) is 22. The lowest BCUT2D eigenvalue weighted by Gasteiger charge is -2.17. The Hall–Kier alpha value is -1.62. The fourth-order valence-electron chi connectivity index (χ4n) is 5.77. The first kappa shape index (κ1) is 44.4. The minimum absolute atomic E-state index is 0.166. The molecule has 2 amide bonds. The average Bonchev–Trinajstić information content (AvgIpc) is 3.04. The Bertz CT molecular complexity index is 648. The molecule has 46 heavy (non-hydrogen) atoms. The number of amides is 2. The van der Waals surface area contributed by atoms with E-state index < -0.39 is 0 Å². The van der Waals surface area contributed by atoms with Crippen LogP contribution < -0.4 is 10.6 Å². The van der Waals surface area contributed by atoms with Gasteiger partial charge in [0.25, 0.3) is 0 Å². The second-order valence-electron chi connectivity index (χ2n) is 13.7. The van der Waals surface area contributed by atoms with Gasteiger partial charge in [-0.25, -0.2) is 0 Å². The van der Waals surface area contributed by atoms with E-state index in [0.29, 0.717) is 25.9 Å². The molecule has 0 aromatic rings. The lowest BCUT2D eigenvalue weighted by atomic mass is 10.1. The summed E-state index contributed by atoms with van der Waals surface area (Å²) in [5, 5.41) is 6.11. The molecule has 0 aromatic heterocycles. The van der Waals surface area contributed by atoms with Crippen LogP contribution in [0.3, 0.4) is 0 Å². The molecule has 0 heterocycles. The largest absolute Gasteiger partial charge is 0.355 e. The molecule has 0 bridgehead atoms. The van der Waals surface area contributed by atoms with Gasteiger partial charge in [-0.15, -0.1) is 0 Å². The number of carbonyl (C=O) groups is 2. The van der Waals surface area contributed by atoms with Gasteiger partial charge >= 0.3 is 0 Å². The van der Waals surface area contributed by atoms with E-state index in [9.17, 15) is 9.59 Å². The molecule has 270 valence electrons. The molecule has 0 aromatic carbocycles. The van der Waals surface area contributed by atoms with E-state index in [1.54, 1.807) is 0 Å². The van der Waals surface area contributed by atoms with Crippen LogP contribution in [-0.4, -0.2) is 49.9 Å². The Morgan fingerprint density at radius 3 is 1.04 bits per heavy atom. The number of carbonyl (C=O) groups excluding carboxylic acids is 2. The Morgan fingerprint density at radius 1 is 0.435 bits per heavy atom. The maximum absolute atomic E-state index is 12.1. The van der Waals surface area contributed by atoms with E-state index in [4.69, 9.17) is 0 Å². The standard InChI is InChI=1S/C41H79N3O2/c1-4-6-8-10-12-14-16-18-20-22-24-26-28-30-32-34-40(45)42-36-38-44(3)39-37-43-41(46)35-33-31-29-27-25-23-21-19-17-15-13-11-9-7-5-2/h18-21H,4-17,22-39H2,1-3H3,(H,42,45)(H,43,46)/b20-18-,21-19-. The molecule has 2 N–H and O–H groups in total. The van der Waals surface area contributed by atoms with Gasteiger partial charge in [-0.3, -0.25) is 9.59 Å². The van der Waals surface area contributed by atoms with Crippen LogP contribution in [0.2, 0.25) is 0 Å². The summed E-state index contributed by atoms with van der Waals surface area (Å²) in [4.78, 5) is 26.5. The Kier molecular flexibility index (Phi) is 36.5. The third kappa shape index (κ3) is 36.8. The Labute approximate surface area is 287 Å². The normalized spacial score (nSPS) is 11.7. The van der Waals surface area contributed by atoms with E-state index in [-0.39, 0.29) is 11.8 Å². The summed E-state index contributed by atoms with van der Waals surface area (Å²) in [5.41, 5.74) is 0. The fraction of sp³-hybridized carbons (Fsp3) is 0.854. The number of allylic oxidation sites excluding steroid dienone is 4. The van der Waals surface area contributed by atoms with Crippen molar-refractivity contribution in [3.63, 3.8) is 0 Å². The molecule has 0 fully saturated rings. The van der Waals surface area contributed by atoms with Gasteiger partial charge in [-0.1, -0.05) is 141 Å². The van der Waals surface area contributed by atoms with Crippen LogP contribution in [0.25, 0.3) is 0 Å². The van der Waals surface area contributed by atoms with Crippen molar-refractivity contribution in [3.05, 3.63) is 24.3 Å². The van der Waals surface area contributed by atoms with Crippen LogP contribution in [-0.2, 0) is 9.59 Å². The first-order valence-electron chi connectivity index (χ1n) is 20.1. The van der Waals surface area contributed by atoms with Crippen LogP contribution in [0.15, 0.2) is 24.3 Å².